The Balaban J connectivity index is 2.11. The van der Waals surface area contributed by atoms with E-state index in [1.54, 1.807) is 14.2 Å². The minimum atomic E-state index is -0.201. The summed E-state index contributed by atoms with van der Waals surface area (Å²) in [6, 6.07) is 4.96. The summed E-state index contributed by atoms with van der Waals surface area (Å²) in [6.45, 7) is 3.80. The molecule has 0 spiro atoms. The first-order valence-electron chi connectivity index (χ1n) is 7.17. The van der Waals surface area contributed by atoms with E-state index in [2.05, 4.69) is 29.3 Å². The van der Waals surface area contributed by atoms with Gasteiger partial charge in [0.05, 0.1) is 0 Å². The fourth-order valence-corrected chi connectivity index (χ4v) is 3.36. The lowest BCUT2D eigenvalue weighted by molar-refractivity contribution is -0.130. The average Bonchev–Trinajstić information content (AvgIpc) is 3.18. The van der Waals surface area contributed by atoms with Gasteiger partial charge in [0.15, 0.2) is 6.29 Å². The number of methoxy groups -OCH3 is 2. The molecule has 1 aromatic rings. The molecule has 1 aromatic heterocycles. The van der Waals surface area contributed by atoms with Gasteiger partial charge in [0.1, 0.15) is 0 Å². The standard InChI is InChI=1S/C15H26N2O2S/c1-15(11-16,9-14(18-2)19-3)17(12-6-7-12)10-13-5-4-8-20-13/h4-5,8,12,14H,6-7,9-11,16H2,1-3H3. The molecule has 0 saturated heterocycles. The van der Waals surface area contributed by atoms with Crippen molar-refractivity contribution in [3.8, 4) is 0 Å². The molecule has 1 heterocycles. The smallest absolute Gasteiger partial charge is 0.158 e. The Morgan fingerprint density at radius 3 is 2.60 bits per heavy atom. The Bertz CT molecular complexity index is 391. The van der Waals surface area contributed by atoms with Crippen molar-refractivity contribution in [1.29, 1.82) is 0 Å². The van der Waals surface area contributed by atoms with E-state index >= 15 is 0 Å². The van der Waals surface area contributed by atoms with Crippen molar-refractivity contribution in [3.63, 3.8) is 0 Å². The minimum absolute atomic E-state index is 0.0954. The topological polar surface area (TPSA) is 47.7 Å². The van der Waals surface area contributed by atoms with Crippen LogP contribution in [0.5, 0.6) is 0 Å². The third-order valence-electron chi connectivity index (χ3n) is 4.16. The summed E-state index contributed by atoms with van der Waals surface area (Å²) in [7, 11) is 3.37. The number of thiophene rings is 1. The van der Waals surface area contributed by atoms with Gasteiger partial charge in [-0.25, -0.2) is 0 Å². The molecule has 114 valence electrons. The zero-order chi connectivity index (χ0) is 14.6. The Labute approximate surface area is 125 Å². The van der Waals surface area contributed by atoms with Crippen molar-refractivity contribution in [1.82, 2.24) is 4.90 Å². The second kappa shape index (κ2) is 7.00. The van der Waals surface area contributed by atoms with Crippen LogP contribution in [0.1, 0.15) is 31.1 Å². The molecule has 1 saturated carbocycles. The Hall–Kier alpha value is -0.460. The maximum absolute atomic E-state index is 6.11. The van der Waals surface area contributed by atoms with Crippen LogP contribution in [0.15, 0.2) is 17.5 Å². The van der Waals surface area contributed by atoms with Crippen LogP contribution in [-0.4, -0.2) is 43.5 Å². The fraction of sp³-hybridized carbons (Fsp3) is 0.733. The largest absolute Gasteiger partial charge is 0.356 e. The maximum atomic E-state index is 6.11. The summed E-state index contributed by atoms with van der Waals surface area (Å²) in [5, 5.41) is 2.13. The first-order chi connectivity index (χ1) is 9.62. The average molecular weight is 298 g/mol. The van der Waals surface area contributed by atoms with Crippen LogP contribution in [0.4, 0.5) is 0 Å². The van der Waals surface area contributed by atoms with Gasteiger partial charge >= 0.3 is 0 Å². The highest BCUT2D eigenvalue weighted by Crippen LogP contribution is 2.37. The van der Waals surface area contributed by atoms with Crippen LogP contribution < -0.4 is 5.73 Å². The van der Waals surface area contributed by atoms with Crippen molar-refractivity contribution >= 4 is 11.3 Å². The van der Waals surface area contributed by atoms with Gasteiger partial charge in [0.25, 0.3) is 0 Å². The minimum Gasteiger partial charge on any atom is -0.356 e. The number of ether oxygens (including phenoxy) is 2. The van der Waals surface area contributed by atoms with Crippen LogP contribution in [0.3, 0.4) is 0 Å². The third-order valence-corrected chi connectivity index (χ3v) is 5.02. The Kier molecular flexibility index (Phi) is 5.57. The molecule has 0 bridgehead atoms. The lowest BCUT2D eigenvalue weighted by Gasteiger charge is -2.42. The van der Waals surface area contributed by atoms with Gasteiger partial charge in [-0.15, -0.1) is 11.3 Å². The SMILES string of the molecule is COC(CC(C)(CN)N(Cc1cccs1)C1CC1)OC. The fourth-order valence-electron chi connectivity index (χ4n) is 2.66. The van der Waals surface area contributed by atoms with Crippen LogP contribution in [0.2, 0.25) is 0 Å². The maximum Gasteiger partial charge on any atom is 0.158 e. The van der Waals surface area contributed by atoms with E-state index in [9.17, 15) is 0 Å². The van der Waals surface area contributed by atoms with E-state index in [0.29, 0.717) is 12.6 Å². The Morgan fingerprint density at radius 1 is 1.45 bits per heavy atom. The van der Waals surface area contributed by atoms with Crippen molar-refractivity contribution in [3.05, 3.63) is 22.4 Å². The molecule has 1 atom stereocenters. The molecule has 0 amide bonds. The molecule has 1 fully saturated rings. The molecule has 1 aliphatic carbocycles. The second-order valence-corrected chi connectivity index (χ2v) is 6.78. The molecule has 0 aliphatic heterocycles. The zero-order valence-corrected chi connectivity index (χ0v) is 13.5. The summed E-state index contributed by atoms with van der Waals surface area (Å²) in [4.78, 5) is 3.94. The lowest BCUT2D eigenvalue weighted by atomic mass is 9.94. The summed E-state index contributed by atoms with van der Waals surface area (Å²) in [5.41, 5.74) is 6.02. The first-order valence-corrected chi connectivity index (χ1v) is 8.05. The highest BCUT2D eigenvalue weighted by atomic mass is 32.1. The number of nitrogens with two attached hydrogens (primary N) is 1. The second-order valence-electron chi connectivity index (χ2n) is 5.74. The van der Waals surface area contributed by atoms with Crippen molar-refractivity contribution in [2.75, 3.05) is 20.8 Å². The van der Waals surface area contributed by atoms with Crippen molar-refractivity contribution in [2.24, 2.45) is 5.73 Å². The summed E-state index contributed by atoms with van der Waals surface area (Å²) in [6.07, 6.45) is 3.13. The molecule has 1 aliphatic rings. The van der Waals surface area contributed by atoms with E-state index in [0.717, 1.165) is 13.0 Å². The van der Waals surface area contributed by atoms with Gasteiger partial charge in [-0.3, -0.25) is 4.90 Å². The quantitative estimate of drug-likeness (QED) is 0.711. The van der Waals surface area contributed by atoms with E-state index in [1.807, 2.05) is 11.3 Å². The van der Waals surface area contributed by atoms with Gasteiger partial charge in [-0.2, -0.15) is 0 Å². The van der Waals surface area contributed by atoms with Gasteiger partial charge < -0.3 is 15.2 Å². The molecule has 0 aromatic carbocycles. The van der Waals surface area contributed by atoms with E-state index in [-0.39, 0.29) is 11.8 Å². The van der Waals surface area contributed by atoms with Gasteiger partial charge in [-0.1, -0.05) is 6.07 Å². The number of hydrogen-bond acceptors (Lipinski definition) is 5. The molecular formula is C15H26N2O2S. The molecule has 2 N–H and O–H groups in total. The predicted octanol–water partition coefficient (Wildman–Crippen LogP) is 2.44. The normalized spacial score (nSPS) is 18.7. The predicted molar refractivity (Wildman–Crippen MR) is 82.8 cm³/mol. The number of rotatable bonds is 9. The molecule has 1 unspecified atom stereocenters. The van der Waals surface area contributed by atoms with Gasteiger partial charge in [0, 0.05) is 50.2 Å². The van der Waals surface area contributed by atoms with Crippen molar-refractivity contribution < 1.29 is 9.47 Å². The van der Waals surface area contributed by atoms with Gasteiger partial charge in [-0.05, 0) is 31.2 Å². The number of hydrogen-bond donors (Lipinski definition) is 1. The van der Waals surface area contributed by atoms with Crippen molar-refractivity contribution in [2.45, 2.75) is 50.6 Å². The van der Waals surface area contributed by atoms with Crippen LogP contribution in [0, 0.1) is 0 Å². The van der Waals surface area contributed by atoms with Crippen LogP contribution >= 0.6 is 11.3 Å². The zero-order valence-electron chi connectivity index (χ0n) is 12.7. The monoisotopic (exact) mass is 298 g/mol. The van der Waals surface area contributed by atoms with E-state index < -0.39 is 0 Å². The van der Waals surface area contributed by atoms with Gasteiger partial charge in [0.2, 0.25) is 0 Å². The van der Waals surface area contributed by atoms with E-state index in [1.165, 1.54) is 17.7 Å². The molecule has 2 rings (SSSR count). The molecule has 20 heavy (non-hydrogen) atoms. The number of nitrogens with zero attached hydrogens (tertiary/aromatic N) is 1. The lowest BCUT2D eigenvalue weighted by Crippen LogP contribution is -2.54. The molecule has 0 radical (unpaired) electrons. The van der Waals surface area contributed by atoms with Crippen LogP contribution in [-0.2, 0) is 16.0 Å². The highest BCUT2D eigenvalue weighted by Gasteiger charge is 2.42. The summed E-state index contributed by atoms with van der Waals surface area (Å²) < 4.78 is 10.8. The molecule has 4 nitrogen and oxygen atoms in total. The van der Waals surface area contributed by atoms with Crippen LogP contribution in [0.25, 0.3) is 0 Å². The first kappa shape index (κ1) is 15.9. The summed E-state index contributed by atoms with van der Waals surface area (Å²) >= 11 is 1.81. The highest BCUT2D eigenvalue weighted by molar-refractivity contribution is 7.09. The summed E-state index contributed by atoms with van der Waals surface area (Å²) in [5.74, 6) is 0. The van der Waals surface area contributed by atoms with E-state index in [4.69, 9.17) is 15.2 Å². The molecular weight excluding hydrogens is 272 g/mol. The third kappa shape index (κ3) is 3.80. The molecule has 5 heteroatoms. The Morgan fingerprint density at radius 2 is 2.15 bits per heavy atom.